The van der Waals surface area contributed by atoms with Gasteiger partial charge in [0, 0.05) is 5.75 Å². The Kier molecular flexibility index (Phi) is 12.1. The van der Waals surface area contributed by atoms with Crippen LogP contribution in [-0.2, 0) is 18.6 Å². The second-order valence-corrected chi connectivity index (χ2v) is 8.29. The van der Waals surface area contributed by atoms with Crippen molar-refractivity contribution in [1.82, 2.24) is 0 Å². The molecule has 0 aromatic rings. The fourth-order valence-corrected chi connectivity index (χ4v) is 3.97. The summed E-state index contributed by atoms with van der Waals surface area (Å²) in [5, 5.41) is 0. The molecule has 0 atom stereocenters. The summed E-state index contributed by atoms with van der Waals surface area (Å²) in [5.41, 5.74) is 0. The quantitative estimate of drug-likeness (QED) is 0.422. The highest BCUT2D eigenvalue weighted by Gasteiger charge is 2.14. The number of carbonyl (C=O) groups excluding carboxylic acids is 1. The van der Waals surface area contributed by atoms with E-state index in [0.29, 0.717) is 43.8 Å². The third-order valence-electron chi connectivity index (χ3n) is 1.83. The third-order valence-corrected chi connectivity index (χ3v) is 4.96. The van der Waals surface area contributed by atoms with E-state index in [1.54, 1.807) is 11.4 Å². The lowest BCUT2D eigenvalue weighted by molar-refractivity contribution is -0.142. The predicted molar refractivity (Wildman–Crippen MR) is 82.2 cm³/mol. The zero-order valence-corrected chi connectivity index (χ0v) is 14.4. The van der Waals surface area contributed by atoms with E-state index in [9.17, 15) is 4.79 Å². The van der Waals surface area contributed by atoms with E-state index in [2.05, 4.69) is 27.7 Å². The number of esters is 1. The Balaban J connectivity index is 3.92. The van der Waals surface area contributed by atoms with E-state index in [1.807, 2.05) is 6.92 Å². The van der Waals surface area contributed by atoms with E-state index in [-0.39, 0.29) is 5.97 Å². The average molecular weight is 310 g/mol. The first-order chi connectivity index (χ1) is 8.95. The van der Waals surface area contributed by atoms with Gasteiger partial charge in [0.1, 0.15) is 0 Å². The molecule has 0 rings (SSSR count). The molecule has 19 heavy (non-hydrogen) atoms. The summed E-state index contributed by atoms with van der Waals surface area (Å²) in [4.78, 5) is 11.2. The Morgan fingerprint density at radius 3 is 2.05 bits per heavy atom. The smallest absolute Gasteiger partial charge is 0.306 e. The summed E-state index contributed by atoms with van der Waals surface area (Å²) in [6.45, 7) is 12.1. The molecule has 0 aliphatic rings. The van der Waals surface area contributed by atoms with Crippen LogP contribution in [0.2, 0.25) is 0 Å². The molecule has 0 bridgehead atoms. The van der Waals surface area contributed by atoms with Gasteiger partial charge in [-0.2, -0.15) is 0 Å². The Hall–Kier alpha value is 0.170. The minimum absolute atomic E-state index is 0.155. The van der Waals surface area contributed by atoms with Gasteiger partial charge in [0.2, 0.25) is 7.58 Å². The maximum absolute atomic E-state index is 11.2. The van der Waals surface area contributed by atoms with Crippen LogP contribution in [0.25, 0.3) is 0 Å². The minimum atomic E-state index is -0.957. The van der Waals surface area contributed by atoms with E-state index >= 15 is 0 Å². The largest absolute Gasteiger partial charge is 0.466 e. The molecule has 114 valence electrons. The van der Waals surface area contributed by atoms with Gasteiger partial charge in [-0.1, -0.05) is 39.1 Å². The predicted octanol–water partition coefficient (Wildman–Crippen LogP) is 4.24. The number of carbonyl (C=O) groups is 1. The van der Waals surface area contributed by atoms with Crippen molar-refractivity contribution in [2.24, 2.45) is 11.8 Å². The lowest BCUT2D eigenvalue weighted by atomic mass is 10.2. The van der Waals surface area contributed by atoms with Gasteiger partial charge in [-0.25, -0.2) is 0 Å². The van der Waals surface area contributed by atoms with E-state index in [0.717, 1.165) is 0 Å². The van der Waals surface area contributed by atoms with Crippen molar-refractivity contribution in [2.75, 3.05) is 25.6 Å². The van der Waals surface area contributed by atoms with Crippen LogP contribution in [0.4, 0.5) is 0 Å². The number of rotatable bonds is 11. The van der Waals surface area contributed by atoms with Crippen molar-refractivity contribution in [2.45, 2.75) is 41.0 Å². The first-order valence-corrected chi connectivity index (χ1v) is 9.57. The molecular weight excluding hydrogens is 283 g/mol. The SMILES string of the molecule is CCOC(=O)CCSP(OCC(C)C)OCC(C)C. The molecule has 6 heteroatoms. The summed E-state index contributed by atoms with van der Waals surface area (Å²) in [7, 11) is -0.957. The number of hydrogen-bond acceptors (Lipinski definition) is 5. The molecule has 0 N–H and O–H groups in total. The maximum Gasteiger partial charge on any atom is 0.306 e. The summed E-state index contributed by atoms with van der Waals surface area (Å²) in [6.07, 6.45) is 0.410. The first kappa shape index (κ1) is 19.2. The van der Waals surface area contributed by atoms with E-state index in [4.69, 9.17) is 13.8 Å². The topological polar surface area (TPSA) is 44.8 Å². The third kappa shape index (κ3) is 12.9. The molecule has 0 aromatic heterocycles. The summed E-state index contributed by atoms with van der Waals surface area (Å²) < 4.78 is 16.4. The second kappa shape index (κ2) is 12.0. The highest BCUT2D eigenvalue weighted by atomic mass is 32.7. The van der Waals surface area contributed by atoms with Crippen LogP contribution in [0.3, 0.4) is 0 Å². The van der Waals surface area contributed by atoms with Gasteiger partial charge in [0.25, 0.3) is 0 Å². The van der Waals surface area contributed by atoms with Crippen LogP contribution in [0.1, 0.15) is 41.0 Å². The van der Waals surface area contributed by atoms with Gasteiger partial charge in [0.15, 0.2) is 0 Å². The number of ether oxygens (including phenoxy) is 1. The van der Waals surface area contributed by atoms with Crippen LogP contribution in [0.5, 0.6) is 0 Å². The Morgan fingerprint density at radius 2 is 1.63 bits per heavy atom. The van der Waals surface area contributed by atoms with Crippen LogP contribution < -0.4 is 0 Å². The summed E-state index contributed by atoms with van der Waals surface area (Å²) >= 11 is 1.58. The molecule has 0 aliphatic heterocycles. The van der Waals surface area contributed by atoms with Gasteiger partial charge in [-0.05, 0) is 18.8 Å². The molecule has 4 nitrogen and oxygen atoms in total. The number of hydrogen-bond donors (Lipinski definition) is 0. The second-order valence-electron chi connectivity index (χ2n) is 4.99. The Labute approximate surface area is 122 Å². The van der Waals surface area contributed by atoms with Gasteiger partial charge < -0.3 is 13.8 Å². The van der Waals surface area contributed by atoms with Crippen LogP contribution in [-0.4, -0.2) is 31.5 Å². The molecule has 0 heterocycles. The van der Waals surface area contributed by atoms with Crippen molar-refractivity contribution < 1.29 is 18.6 Å². The van der Waals surface area contributed by atoms with E-state index in [1.165, 1.54) is 0 Å². The molecule has 0 spiro atoms. The van der Waals surface area contributed by atoms with Gasteiger partial charge in [-0.15, -0.1) is 0 Å². The van der Waals surface area contributed by atoms with Crippen molar-refractivity contribution in [3.63, 3.8) is 0 Å². The Morgan fingerprint density at radius 1 is 1.11 bits per heavy atom. The monoisotopic (exact) mass is 310 g/mol. The average Bonchev–Trinajstić information content (AvgIpc) is 2.31. The fourth-order valence-electron chi connectivity index (χ4n) is 0.968. The van der Waals surface area contributed by atoms with Crippen LogP contribution in [0.15, 0.2) is 0 Å². The standard InChI is InChI=1S/C13H27O4PS/c1-6-15-13(14)7-8-19-18(16-9-11(2)3)17-10-12(4)5/h11-12H,6-10H2,1-5H3. The van der Waals surface area contributed by atoms with Gasteiger partial charge in [-0.3, -0.25) is 4.79 Å². The molecule has 0 amide bonds. The van der Waals surface area contributed by atoms with Crippen molar-refractivity contribution in [1.29, 1.82) is 0 Å². The van der Waals surface area contributed by atoms with Crippen LogP contribution >= 0.6 is 19.0 Å². The Bertz CT molecular complexity index is 225. The molecule has 0 aliphatic carbocycles. The van der Waals surface area contributed by atoms with Gasteiger partial charge in [0.05, 0.1) is 26.2 Å². The molecule has 0 saturated carbocycles. The minimum Gasteiger partial charge on any atom is -0.466 e. The normalized spacial score (nSPS) is 11.6. The zero-order chi connectivity index (χ0) is 14.7. The maximum atomic E-state index is 11.2. The summed E-state index contributed by atoms with van der Waals surface area (Å²) in [5.74, 6) is 1.50. The summed E-state index contributed by atoms with van der Waals surface area (Å²) in [6, 6.07) is 0. The highest BCUT2D eigenvalue weighted by molar-refractivity contribution is 8.52. The first-order valence-electron chi connectivity index (χ1n) is 6.80. The molecule has 0 saturated heterocycles. The highest BCUT2D eigenvalue weighted by Crippen LogP contribution is 2.52. The lowest BCUT2D eigenvalue weighted by Gasteiger charge is -2.18. The van der Waals surface area contributed by atoms with E-state index < -0.39 is 7.58 Å². The molecule has 0 radical (unpaired) electrons. The zero-order valence-electron chi connectivity index (χ0n) is 12.7. The fraction of sp³-hybridized carbons (Fsp3) is 0.923. The molecule has 0 unspecified atom stereocenters. The van der Waals surface area contributed by atoms with Crippen molar-refractivity contribution in [3.8, 4) is 0 Å². The van der Waals surface area contributed by atoms with Gasteiger partial charge >= 0.3 is 5.97 Å². The van der Waals surface area contributed by atoms with Crippen molar-refractivity contribution >= 4 is 24.9 Å². The van der Waals surface area contributed by atoms with Crippen molar-refractivity contribution in [3.05, 3.63) is 0 Å². The lowest BCUT2D eigenvalue weighted by Crippen LogP contribution is -2.06. The molecular formula is C13H27O4PS. The molecule has 0 aromatic carbocycles. The molecule has 0 fully saturated rings. The van der Waals surface area contributed by atoms with Crippen LogP contribution in [0, 0.1) is 11.8 Å².